The van der Waals surface area contributed by atoms with Crippen LogP contribution in [0.2, 0.25) is 0 Å². The first-order chi connectivity index (χ1) is 12.1. The summed E-state index contributed by atoms with van der Waals surface area (Å²) in [6, 6.07) is 0.232. The van der Waals surface area contributed by atoms with E-state index < -0.39 is 0 Å². The molecular weight excluding hydrogens is 318 g/mol. The highest BCUT2D eigenvalue weighted by atomic mass is 16.5. The molecule has 0 radical (unpaired) electrons. The van der Waals surface area contributed by atoms with E-state index in [-0.39, 0.29) is 24.0 Å². The maximum atomic E-state index is 12.1. The minimum atomic E-state index is 0.0777. The highest BCUT2D eigenvalue weighted by molar-refractivity contribution is 5.81. The van der Waals surface area contributed by atoms with Crippen LogP contribution in [0.15, 0.2) is 0 Å². The predicted octanol–water partition coefficient (Wildman–Crippen LogP) is 3.39. The fraction of sp³-hybridized carbons (Fsp3) is 0.900. The van der Waals surface area contributed by atoms with E-state index in [1.165, 1.54) is 0 Å². The molecule has 5 heteroatoms. The maximum Gasteiger partial charge on any atom is 0.222 e. The van der Waals surface area contributed by atoms with Gasteiger partial charge in [-0.15, -0.1) is 0 Å². The summed E-state index contributed by atoms with van der Waals surface area (Å²) in [5.41, 5.74) is 0. The third kappa shape index (κ3) is 7.06. The van der Waals surface area contributed by atoms with Gasteiger partial charge in [0.05, 0.1) is 18.8 Å². The van der Waals surface area contributed by atoms with Crippen LogP contribution in [0.1, 0.15) is 77.6 Å². The number of ketones is 1. The molecule has 0 spiro atoms. The minimum absolute atomic E-state index is 0.0777. The molecule has 2 fully saturated rings. The van der Waals surface area contributed by atoms with Crippen molar-refractivity contribution in [2.45, 2.75) is 95.8 Å². The van der Waals surface area contributed by atoms with Gasteiger partial charge >= 0.3 is 0 Å². The SMILES string of the molecule is CCCC(=O)C1CCC(NC(=O)CCOC2CCC(OC)CC2)CC1. The molecule has 0 bridgehead atoms. The molecular formula is C20H35NO4. The Labute approximate surface area is 152 Å². The minimum Gasteiger partial charge on any atom is -0.381 e. The van der Waals surface area contributed by atoms with Crippen LogP contribution in [0.4, 0.5) is 0 Å². The molecule has 0 aromatic heterocycles. The number of Topliss-reactive ketones (excluding diaryl/α,β-unsaturated/α-hetero) is 1. The van der Waals surface area contributed by atoms with Crippen LogP contribution in [-0.4, -0.2) is 43.7 Å². The van der Waals surface area contributed by atoms with Gasteiger partial charge in [0.1, 0.15) is 5.78 Å². The highest BCUT2D eigenvalue weighted by Gasteiger charge is 2.26. The van der Waals surface area contributed by atoms with E-state index in [0.717, 1.165) is 57.8 Å². The number of nitrogens with one attached hydrogen (secondary N) is 1. The van der Waals surface area contributed by atoms with E-state index in [4.69, 9.17) is 9.47 Å². The average molecular weight is 354 g/mol. The van der Waals surface area contributed by atoms with Crippen LogP contribution in [0.3, 0.4) is 0 Å². The van der Waals surface area contributed by atoms with Gasteiger partial charge in [-0.05, 0) is 57.8 Å². The molecule has 25 heavy (non-hydrogen) atoms. The summed E-state index contributed by atoms with van der Waals surface area (Å²) in [6.45, 7) is 2.55. The third-order valence-corrected chi connectivity index (χ3v) is 5.68. The zero-order chi connectivity index (χ0) is 18.1. The summed E-state index contributed by atoms with van der Waals surface area (Å²) >= 11 is 0. The molecule has 0 atom stereocenters. The number of ether oxygens (including phenoxy) is 2. The first-order valence-electron chi connectivity index (χ1n) is 10.1. The number of methoxy groups -OCH3 is 1. The monoisotopic (exact) mass is 353 g/mol. The van der Waals surface area contributed by atoms with Gasteiger partial charge in [-0.3, -0.25) is 9.59 Å². The first-order valence-corrected chi connectivity index (χ1v) is 10.1. The smallest absolute Gasteiger partial charge is 0.222 e. The fourth-order valence-corrected chi connectivity index (χ4v) is 4.06. The third-order valence-electron chi connectivity index (χ3n) is 5.68. The lowest BCUT2D eigenvalue weighted by Gasteiger charge is -2.29. The number of carbonyl (C=O) groups excluding carboxylic acids is 2. The van der Waals surface area contributed by atoms with Gasteiger partial charge in [0.15, 0.2) is 0 Å². The molecule has 1 amide bonds. The summed E-state index contributed by atoms with van der Waals surface area (Å²) < 4.78 is 11.2. The highest BCUT2D eigenvalue weighted by Crippen LogP contribution is 2.26. The first kappa shape index (κ1) is 20.4. The van der Waals surface area contributed by atoms with E-state index in [2.05, 4.69) is 12.2 Å². The summed E-state index contributed by atoms with van der Waals surface area (Å²) in [7, 11) is 1.77. The molecule has 2 aliphatic carbocycles. The molecule has 0 unspecified atom stereocenters. The number of hydrogen-bond donors (Lipinski definition) is 1. The predicted molar refractivity (Wildman–Crippen MR) is 97.4 cm³/mol. The fourth-order valence-electron chi connectivity index (χ4n) is 4.06. The second kappa shape index (κ2) is 10.9. The Morgan fingerprint density at radius 3 is 2.16 bits per heavy atom. The van der Waals surface area contributed by atoms with Crippen molar-refractivity contribution in [1.29, 1.82) is 0 Å². The number of rotatable bonds is 9. The van der Waals surface area contributed by atoms with Crippen LogP contribution < -0.4 is 5.32 Å². The van der Waals surface area contributed by atoms with E-state index in [0.29, 0.717) is 31.3 Å². The van der Waals surface area contributed by atoms with Gasteiger partial charge in [-0.2, -0.15) is 0 Å². The van der Waals surface area contributed by atoms with Crippen molar-refractivity contribution in [3.05, 3.63) is 0 Å². The topological polar surface area (TPSA) is 64.6 Å². The molecule has 0 aromatic carbocycles. The number of amides is 1. The van der Waals surface area contributed by atoms with Crippen LogP contribution in [0, 0.1) is 5.92 Å². The van der Waals surface area contributed by atoms with Crippen molar-refractivity contribution in [3.8, 4) is 0 Å². The maximum absolute atomic E-state index is 12.1. The van der Waals surface area contributed by atoms with Gasteiger partial charge in [0.25, 0.3) is 0 Å². The lowest BCUT2D eigenvalue weighted by atomic mass is 9.82. The molecule has 2 rings (SSSR count). The van der Waals surface area contributed by atoms with Gasteiger partial charge < -0.3 is 14.8 Å². The summed E-state index contributed by atoms with van der Waals surface area (Å²) in [5.74, 6) is 0.705. The summed E-state index contributed by atoms with van der Waals surface area (Å²) in [6.07, 6.45) is 10.6. The molecule has 0 saturated heterocycles. The molecule has 0 aromatic rings. The molecule has 0 heterocycles. The van der Waals surface area contributed by atoms with E-state index in [9.17, 15) is 9.59 Å². The van der Waals surface area contributed by atoms with E-state index in [1.807, 2.05) is 0 Å². The van der Waals surface area contributed by atoms with Crippen LogP contribution in [0.25, 0.3) is 0 Å². The summed E-state index contributed by atoms with van der Waals surface area (Å²) in [5, 5.41) is 3.11. The van der Waals surface area contributed by atoms with Gasteiger partial charge in [0.2, 0.25) is 5.91 Å². The van der Waals surface area contributed by atoms with Crippen LogP contribution in [-0.2, 0) is 19.1 Å². The Balaban J connectivity index is 1.55. The molecule has 1 N–H and O–H groups in total. The van der Waals surface area contributed by atoms with Crippen LogP contribution >= 0.6 is 0 Å². The van der Waals surface area contributed by atoms with Crippen molar-refractivity contribution in [2.75, 3.05) is 13.7 Å². The van der Waals surface area contributed by atoms with Crippen molar-refractivity contribution in [3.63, 3.8) is 0 Å². The zero-order valence-corrected chi connectivity index (χ0v) is 15.9. The largest absolute Gasteiger partial charge is 0.381 e. The van der Waals surface area contributed by atoms with Crippen molar-refractivity contribution < 1.29 is 19.1 Å². The molecule has 2 aliphatic rings. The normalized spacial score (nSPS) is 30.0. The Kier molecular flexibility index (Phi) is 8.90. The molecule has 144 valence electrons. The van der Waals surface area contributed by atoms with Crippen molar-refractivity contribution in [2.24, 2.45) is 5.92 Å². The van der Waals surface area contributed by atoms with Gasteiger partial charge in [-0.25, -0.2) is 0 Å². The van der Waals surface area contributed by atoms with Crippen LogP contribution in [0.5, 0.6) is 0 Å². The Hall–Kier alpha value is -0.940. The lowest BCUT2D eigenvalue weighted by Crippen LogP contribution is -2.39. The summed E-state index contributed by atoms with van der Waals surface area (Å²) in [4.78, 5) is 24.0. The van der Waals surface area contributed by atoms with Crippen molar-refractivity contribution in [1.82, 2.24) is 5.32 Å². The van der Waals surface area contributed by atoms with E-state index >= 15 is 0 Å². The Morgan fingerprint density at radius 1 is 0.920 bits per heavy atom. The Bertz CT molecular complexity index is 410. The van der Waals surface area contributed by atoms with Crippen molar-refractivity contribution >= 4 is 11.7 Å². The average Bonchev–Trinajstić information content (AvgIpc) is 2.63. The number of carbonyl (C=O) groups is 2. The molecule has 0 aliphatic heterocycles. The quantitative estimate of drug-likeness (QED) is 0.690. The second-order valence-electron chi connectivity index (χ2n) is 7.59. The van der Waals surface area contributed by atoms with Gasteiger partial charge in [-0.1, -0.05) is 6.92 Å². The zero-order valence-electron chi connectivity index (χ0n) is 15.9. The molecule has 2 saturated carbocycles. The Morgan fingerprint density at radius 2 is 1.56 bits per heavy atom. The van der Waals surface area contributed by atoms with E-state index in [1.54, 1.807) is 7.11 Å². The lowest BCUT2D eigenvalue weighted by molar-refractivity contribution is -0.124. The molecule has 5 nitrogen and oxygen atoms in total. The standard InChI is InChI=1S/C20H35NO4/c1-3-4-19(22)15-5-7-16(8-6-15)21-20(23)13-14-25-18-11-9-17(24-2)10-12-18/h15-18H,3-14H2,1-2H3,(H,21,23). The van der Waals surface area contributed by atoms with Gasteiger partial charge in [0, 0.05) is 31.9 Å². The number of hydrogen-bond acceptors (Lipinski definition) is 4. The second-order valence-corrected chi connectivity index (χ2v) is 7.59.